The van der Waals surface area contributed by atoms with Crippen LogP contribution < -0.4 is 4.74 Å². The standard InChI is InChI=1S/C18H15BrN2O4/c1-11(24-18(22)13-4-3-5-14(19)10-13)16-20-21-17(25-16)12-6-8-15(23-2)9-7-12/h3-11H,1-2H3/t11-/m0/s1. The highest BCUT2D eigenvalue weighted by Crippen LogP contribution is 2.25. The maximum atomic E-state index is 12.2. The molecule has 0 saturated heterocycles. The number of ether oxygens (including phenoxy) is 2. The van der Waals surface area contributed by atoms with Gasteiger partial charge >= 0.3 is 5.97 Å². The van der Waals surface area contributed by atoms with Gasteiger partial charge in [0, 0.05) is 10.0 Å². The van der Waals surface area contributed by atoms with Crippen LogP contribution in [-0.2, 0) is 4.74 Å². The first kappa shape index (κ1) is 17.2. The predicted molar refractivity (Wildman–Crippen MR) is 94.3 cm³/mol. The van der Waals surface area contributed by atoms with Crippen molar-refractivity contribution in [2.24, 2.45) is 0 Å². The van der Waals surface area contributed by atoms with Gasteiger partial charge in [-0.15, -0.1) is 10.2 Å². The molecule has 1 atom stereocenters. The minimum atomic E-state index is -0.661. The van der Waals surface area contributed by atoms with Crippen LogP contribution in [0.5, 0.6) is 5.75 Å². The number of nitrogens with zero attached hydrogens (tertiary/aromatic N) is 2. The highest BCUT2D eigenvalue weighted by molar-refractivity contribution is 9.10. The first-order chi connectivity index (χ1) is 12.1. The molecule has 0 spiro atoms. The molecule has 1 heterocycles. The molecule has 1 aromatic heterocycles. The number of methoxy groups -OCH3 is 1. The minimum absolute atomic E-state index is 0.231. The smallest absolute Gasteiger partial charge is 0.338 e. The van der Waals surface area contributed by atoms with Crippen molar-refractivity contribution in [1.29, 1.82) is 0 Å². The number of rotatable bonds is 5. The molecule has 0 aliphatic rings. The number of esters is 1. The number of carbonyl (C=O) groups is 1. The van der Waals surface area contributed by atoms with Crippen molar-refractivity contribution >= 4 is 21.9 Å². The van der Waals surface area contributed by atoms with Crippen LogP contribution in [0.1, 0.15) is 29.3 Å². The van der Waals surface area contributed by atoms with Crippen LogP contribution in [0.2, 0.25) is 0 Å². The lowest BCUT2D eigenvalue weighted by molar-refractivity contribution is 0.0280. The van der Waals surface area contributed by atoms with Crippen molar-refractivity contribution in [3.05, 3.63) is 64.5 Å². The Morgan fingerprint density at radius 3 is 2.60 bits per heavy atom. The Labute approximate surface area is 152 Å². The lowest BCUT2D eigenvalue weighted by atomic mass is 10.2. The Balaban J connectivity index is 1.71. The van der Waals surface area contributed by atoms with Gasteiger partial charge in [-0.05, 0) is 49.4 Å². The number of benzene rings is 2. The average molecular weight is 403 g/mol. The normalized spacial score (nSPS) is 11.8. The molecule has 0 unspecified atom stereocenters. The second kappa shape index (κ2) is 7.48. The van der Waals surface area contributed by atoms with Crippen LogP contribution in [0, 0.1) is 0 Å². The van der Waals surface area contributed by atoms with E-state index in [1.165, 1.54) is 0 Å². The Morgan fingerprint density at radius 1 is 1.16 bits per heavy atom. The van der Waals surface area contributed by atoms with Gasteiger partial charge in [-0.1, -0.05) is 22.0 Å². The van der Waals surface area contributed by atoms with Crippen molar-refractivity contribution < 1.29 is 18.7 Å². The molecule has 0 aliphatic carbocycles. The zero-order valence-electron chi connectivity index (χ0n) is 13.6. The zero-order valence-corrected chi connectivity index (χ0v) is 15.2. The summed E-state index contributed by atoms with van der Waals surface area (Å²) < 4.78 is 16.9. The van der Waals surface area contributed by atoms with E-state index in [9.17, 15) is 4.79 Å². The summed E-state index contributed by atoms with van der Waals surface area (Å²) in [7, 11) is 1.60. The van der Waals surface area contributed by atoms with Crippen LogP contribution in [0.3, 0.4) is 0 Å². The average Bonchev–Trinajstić information content (AvgIpc) is 3.12. The molecule has 7 heteroatoms. The first-order valence-electron chi connectivity index (χ1n) is 7.51. The summed E-state index contributed by atoms with van der Waals surface area (Å²) in [6.07, 6.45) is -0.661. The Bertz CT molecular complexity index is 877. The monoisotopic (exact) mass is 402 g/mol. The molecule has 0 saturated carbocycles. The fourth-order valence-corrected chi connectivity index (χ4v) is 2.54. The fraction of sp³-hybridized carbons (Fsp3) is 0.167. The quantitative estimate of drug-likeness (QED) is 0.587. The zero-order chi connectivity index (χ0) is 17.8. The van der Waals surface area contributed by atoms with E-state index in [1.54, 1.807) is 44.4 Å². The van der Waals surface area contributed by atoms with Crippen LogP contribution in [0.25, 0.3) is 11.5 Å². The second-order valence-electron chi connectivity index (χ2n) is 5.23. The summed E-state index contributed by atoms with van der Waals surface area (Å²) in [5.41, 5.74) is 1.20. The molecular weight excluding hydrogens is 388 g/mol. The van der Waals surface area contributed by atoms with Crippen molar-refractivity contribution in [2.45, 2.75) is 13.0 Å². The maximum Gasteiger partial charge on any atom is 0.338 e. The van der Waals surface area contributed by atoms with Gasteiger partial charge in [0.25, 0.3) is 5.89 Å². The number of halogens is 1. The van der Waals surface area contributed by atoms with E-state index in [1.807, 2.05) is 18.2 Å². The molecule has 6 nitrogen and oxygen atoms in total. The van der Waals surface area contributed by atoms with Crippen molar-refractivity contribution in [1.82, 2.24) is 10.2 Å². The number of hydrogen-bond acceptors (Lipinski definition) is 6. The molecule has 0 bridgehead atoms. The molecule has 0 amide bonds. The molecule has 3 aromatic rings. The van der Waals surface area contributed by atoms with Crippen molar-refractivity contribution in [2.75, 3.05) is 7.11 Å². The van der Waals surface area contributed by atoms with Gasteiger partial charge in [0.1, 0.15) is 5.75 Å². The third-order valence-electron chi connectivity index (χ3n) is 3.47. The van der Waals surface area contributed by atoms with E-state index in [4.69, 9.17) is 13.9 Å². The number of hydrogen-bond donors (Lipinski definition) is 0. The van der Waals surface area contributed by atoms with E-state index in [0.29, 0.717) is 11.5 Å². The summed E-state index contributed by atoms with van der Waals surface area (Å²) in [6.45, 7) is 1.68. The van der Waals surface area contributed by atoms with Gasteiger partial charge in [-0.2, -0.15) is 0 Å². The lowest BCUT2D eigenvalue weighted by Crippen LogP contribution is -2.09. The summed E-state index contributed by atoms with van der Waals surface area (Å²) in [5.74, 6) is 0.856. The van der Waals surface area contributed by atoms with Crippen LogP contribution in [0.4, 0.5) is 0 Å². The van der Waals surface area contributed by atoms with E-state index in [0.717, 1.165) is 15.8 Å². The van der Waals surface area contributed by atoms with Gasteiger partial charge in [0.15, 0.2) is 6.10 Å². The van der Waals surface area contributed by atoms with Gasteiger partial charge in [0.2, 0.25) is 5.89 Å². The molecule has 0 radical (unpaired) electrons. The molecule has 2 aromatic carbocycles. The molecule has 128 valence electrons. The van der Waals surface area contributed by atoms with Gasteiger partial charge in [-0.25, -0.2) is 4.79 Å². The maximum absolute atomic E-state index is 12.2. The van der Waals surface area contributed by atoms with Gasteiger partial charge in [0.05, 0.1) is 12.7 Å². The Hall–Kier alpha value is -2.67. The minimum Gasteiger partial charge on any atom is -0.497 e. The van der Waals surface area contributed by atoms with E-state index >= 15 is 0 Å². The van der Waals surface area contributed by atoms with Crippen LogP contribution in [0.15, 0.2) is 57.4 Å². The molecular formula is C18H15BrN2O4. The van der Waals surface area contributed by atoms with E-state index in [-0.39, 0.29) is 5.89 Å². The van der Waals surface area contributed by atoms with Crippen molar-refractivity contribution in [3.63, 3.8) is 0 Å². The summed E-state index contributed by atoms with van der Waals surface area (Å²) >= 11 is 3.32. The molecule has 0 fully saturated rings. The first-order valence-corrected chi connectivity index (χ1v) is 8.30. The van der Waals surface area contributed by atoms with Crippen LogP contribution in [-0.4, -0.2) is 23.3 Å². The summed E-state index contributed by atoms with van der Waals surface area (Å²) in [5, 5.41) is 7.97. The Morgan fingerprint density at radius 2 is 1.92 bits per heavy atom. The summed E-state index contributed by atoms with van der Waals surface area (Å²) in [4.78, 5) is 12.2. The van der Waals surface area contributed by atoms with Crippen molar-refractivity contribution in [3.8, 4) is 17.2 Å². The molecule has 25 heavy (non-hydrogen) atoms. The fourth-order valence-electron chi connectivity index (χ4n) is 2.14. The molecule has 0 aliphatic heterocycles. The van der Waals surface area contributed by atoms with E-state index in [2.05, 4.69) is 26.1 Å². The Kier molecular flexibility index (Phi) is 5.14. The third kappa shape index (κ3) is 4.06. The number of carbonyl (C=O) groups excluding carboxylic acids is 1. The van der Waals surface area contributed by atoms with E-state index < -0.39 is 12.1 Å². The predicted octanol–water partition coefficient (Wildman–Crippen LogP) is 4.43. The van der Waals surface area contributed by atoms with Gasteiger partial charge in [-0.3, -0.25) is 0 Å². The van der Waals surface area contributed by atoms with Crippen LogP contribution >= 0.6 is 15.9 Å². The topological polar surface area (TPSA) is 74.5 Å². The highest BCUT2D eigenvalue weighted by atomic mass is 79.9. The number of aromatic nitrogens is 2. The highest BCUT2D eigenvalue weighted by Gasteiger charge is 2.20. The SMILES string of the molecule is COc1ccc(-c2nnc([C@H](C)OC(=O)c3cccc(Br)c3)o2)cc1. The second-order valence-corrected chi connectivity index (χ2v) is 6.15. The molecule has 3 rings (SSSR count). The summed E-state index contributed by atoms with van der Waals surface area (Å²) in [6, 6.07) is 14.2. The largest absolute Gasteiger partial charge is 0.497 e. The lowest BCUT2D eigenvalue weighted by Gasteiger charge is -2.09. The van der Waals surface area contributed by atoms with Gasteiger partial charge < -0.3 is 13.9 Å². The third-order valence-corrected chi connectivity index (χ3v) is 3.96. The molecule has 0 N–H and O–H groups in total.